The number of aromatic nitrogens is 1. The van der Waals surface area contributed by atoms with Crippen LogP contribution in [-0.4, -0.2) is 45.9 Å². The predicted molar refractivity (Wildman–Crippen MR) is 138 cm³/mol. The molecule has 2 aromatic heterocycles. The molecule has 2 amide bonds. The number of benzene rings is 2. The molecule has 0 radical (unpaired) electrons. The molecule has 1 fully saturated rings. The van der Waals surface area contributed by atoms with E-state index in [0.717, 1.165) is 26.8 Å². The van der Waals surface area contributed by atoms with Crippen molar-refractivity contribution in [3.05, 3.63) is 75.9 Å². The first-order valence-corrected chi connectivity index (χ1v) is 13.1. The first-order chi connectivity index (χ1) is 16.8. The Morgan fingerprint density at radius 3 is 2.83 bits per heavy atom. The van der Waals surface area contributed by atoms with Gasteiger partial charge in [-0.05, 0) is 44.5 Å². The number of halogens is 1. The Hall–Kier alpha value is -3.17. The van der Waals surface area contributed by atoms with Gasteiger partial charge in [-0.2, -0.15) is 0 Å². The number of carbonyl (C=O) groups is 2. The molecule has 180 valence electrons. The number of fused-ring (bicyclic) bond motifs is 1. The van der Waals surface area contributed by atoms with Gasteiger partial charge in [-0.25, -0.2) is 9.37 Å². The van der Waals surface area contributed by atoms with Crippen molar-refractivity contribution in [2.24, 2.45) is 0 Å². The van der Waals surface area contributed by atoms with Crippen molar-refractivity contribution in [3.63, 3.8) is 0 Å². The van der Waals surface area contributed by atoms with Gasteiger partial charge >= 0.3 is 0 Å². The molecule has 0 saturated carbocycles. The van der Waals surface area contributed by atoms with Gasteiger partial charge in [0.2, 0.25) is 0 Å². The van der Waals surface area contributed by atoms with E-state index >= 15 is 0 Å². The molecule has 9 heteroatoms. The molecule has 3 heterocycles. The number of hydrogen-bond donors (Lipinski definition) is 1. The molecular formula is C26H24FN3O3S2. The molecule has 2 aromatic carbocycles. The van der Waals surface area contributed by atoms with Crippen LogP contribution < -0.4 is 5.32 Å². The summed E-state index contributed by atoms with van der Waals surface area (Å²) in [6.45, 7) is 6.49. The zero-order valence-electron chi connectivity index (χ0n) is 19.6. The second-order valence-electron chi connectivity index (χ2n) is 8.51. The van der Waals surface area contributed by atoms with Crippen LogP contribution in [0.3, 0.4) is 0 Å². The van der Waals surface area contributed by atoms with E-state index in [0.29, 0.717) is 28.9 Å². The lowest BCUT2D eigenvalue weighted by Gasteiger charge is -2.24. The highest BCUT2D eigenvalue weighted by atomic mass is 32.2. The minimum absolute atomic E-state index is 0.0739. The van der Waals surface area contributed by atoms with E-state index in [2.05, 4.69) is 16.4 Å². The van der Waals surface area contributed by atoms with Crippen LogP contribution in [0.2, 0.25) is 0 Å². The lowest BCUT2D eigenvalue weighted by Crippen LogP contribution is -2.42. The van der Waals surface area contributed by atoms with Gasteiger partial charge in [0.25, 0.3) is 11.8 Å². The van der Waals surface area contributed by atoms with Gasteiger partial charge in [0.15, 0.2) is 11.4 Å². The van der Waals surface area contributed by atoms with Crippen LogP contribution in [-0.2, 0) is 0 Å². The number of thioether (sulfide) groups is 1. The number of hydrogen-bond acceptors (Lipinski definition) is 6. The molecule has 4 aromatic rings. The number of aryl methyl sites for hydroxylation is 3. The average molecular weight is 510 g/mol. The number of nitrogens with one attached hydrogen (secondary N) is 1. The maximum atomic E-state index is 14.1. The largest absolute Gasteiger partial charge is 0.458 e. The van der Waals surface area contributed by atoms with E-state index in [1.165, 1.54) is 23.5 Å². The second-order valence-corrected chi connectivity index (χ2v) is 11.0. The Labute approximate surface area is 210 Å². The fourth-order valence-electron chi connectivity index (χ4n) is 4.30. The van der Waals surface area contributed by atoms with E-state index in [9.17, 15) is 14.0 Å². The highest BCUT2D eigenvalue weighted by Crippen LogP contribution is 2.34. The van der Waals surface area contributed by atoms with Gasteiger partial charge < -0.3 is 14.6 Å². The van der Waals surface area contributed by atoms with Crippen molar-refractivity contribution < 1.29 is 18.4 Å². The van der Waals surface area contributed by atoms with E-state index < -0.39 is 5.82 Å². The van der Waals surface area contributed by atoms with E-state index in [1.807, 2.05) is 32.0 Å². The summed E-state index contributed by atoms with van der Waals surface area (Å²) in [5.41, 5.74) is 2.96. The number of carbonyl (C=O) groups excluding carboxylic acids is 2. The zero-order chi connectivity index (χ0) is 24.7. The minimum Gasteiger partial charge on any atom is -0.458 e. The second kappa shape index (κ2) is 9.47. The summed E-state index contributed by atoms with van der Waals surface area (Å²) in [6, 6.07) is 12.4. The fraction of sp³-hybridized carbons (Fsp3) is 0.269. The van der Waals surface area contributed by atoms with Crippen LogP contribution in [0.5, 0.6) is 0 Å². The molecule has 1 saturated heterocycles. The minimum atomic E-state index is -0.504. The monoisotopic (exact) mass is 509 g/mol. The third kappa shape index (κ3) is 4.58. The predicted octanol–water partition coefficient (Wildman–Crippen LogP) is 5.57. The normalized spacial score (nSPS) is 15.7. The number of thiazole rings is 1. The van der Waals surface area contributed by atoms with Gasteiger partial charge in [0, 0.05) is 24.2 Å². The molecule has 0 spiro atoms. The molecule has 1 N–H and O–H groups in total. The smallest absolute Gasteiger partial charge is 0.274 e. The third-order valence-electron chi connectivity index (χ3n) is 5.91. The average Bonchev–Trinajstić information content (AvgIpc) is 3.55. The van der Waals surface area contributed by atoms with Gasteiger partial charge in [-0.15, -0.1) is 23.1 Å². The van der Waals surface area contributed by atoms with E-state index in [1.54, 1.807) is 29.7 Å². The van der Waals surface area contributed by atoms with Crippen molar-refractivity contribution in [2.45, 2.75) is 26.1 Å². The van der Waals surface area contributed by atoms with Crippen LogP contribution in [0.1, 0.15) is 37.2 Å². The van der Waals surface area contributed by atoms with Crippen molar-refractivity contribution in [1.82, 2.24) is 15.2 Å². The zero-order valence-corrected chi connectivity index (χ0v) is 21.2. The number of furan rings is 1. The van der Waals surface area contributed by atoms with Crippen LogP contribution in [0.25, 0.3) is 21.4 Å². The summed E-state index contributed by atoms with van der Waals surface area (Å²) >= 11 is 3.13. The quantitative estimate of drug-likeness (QED) is 0.381. The summed E-state index contributed by atoms with van der Waals surface area (Å²) in [5.74, 6) is 0.336. The topological polar surface area (TPSA) is 75.4 Å². The first-order valence-electron chi connectivity index (χ1n) is 11.3. The molecule has 6 nitrogen and oxygen atoms in total. The maximum absolute atomic E-state index is 14.1. The van der Waals surface area contributed by atoms with Crippen molar-refractivity contribution in [3.8, 4) is 10.4 Å². The maximum Gasteiger partial charge on any atom is 0.274 e. The molecule has 0 bridgehead atoms. The number of nitrogens with zero attached hydrogens (tertiary/aromatic N) is 2. The fourth-order valence-corrected chi connectivity index (χ4v) is 6.36. The van der Waals surface area contributed by atoms with Crippen LogP contribution in [0, 0.1) is 26.6 Å². The molecule has 5 rings (SSSR count). The Morgan fingerprint density at radius 2 is 2.03 bits per heavy atom. The molecule has 1 aliphatic heterocycles. The highest BCUT2D eigenvalue weighted by Gasteiger charge is 2.33. The summed E-state index contributed by atoms with van der Waals surface area (Å²) < 4.78 is 19.5. The van der Waals surface area contributed by atoms with Gasteiger partial charge in [0.05, 0.1) is 20.8 Å². The molecule has 35 heavy (non-hydrogen) atoms. The lowest BCUT2D eigenvalue weighted by molar-refractivity contribution is 0.0747. The number of amides is 2. The van der Waals surface area contributed by atoms with Crippen LogP contribution >= 0.6 is 23.1 Å². The molecule has 1 unspecified atom stereocenters. The standard InChI is InChI=1S/C26H24FN3O3S2/c1-14-5-4-6-17(11-14)24-22(29-16(3)35-24)26(32)30-9-10-34-21(30)13-28-25(31)18-7-8-20(27)23-19(18)12-15(2)33-23/h4-8,11-12,21H,9-10,13H2,1-3H3,(H,28,31). The van der Waals surface area contributed by atoms with Gasteiger partial charge in [0.1, 0.15) is 11.5 Å². The van der Waals surface area contributed by atoms with Crippen molar-refractivity contribution in [1.29, 1.82) is 0 Å². The van der Waals surface area contributed by atoms with Crippen LogP contribution in [0.15, 0.2) is 46.9 Å². The summed E-state index contributed by atoms with van der Waals surface area (Å²) in [4.78, 5) is 33.7. The highest BCUT2D eigenvalue weighted by molar-refractivity contribution is 8.00. The van der Waals surface area contributed by atoms with Crippen molar-refractivity contribution >= 4 is 45.9 Å². The molecule has 1 aliphatic rings. The summed E-state index contributed by atoms with van der Waals surface area (Å²) in [6.07, 6.45) is 0. The first kappa shape index (κ1) is 23.6. The van der Waals surface area contributed by atoms with Gasteiger partial charge in [-0.1, -0.05) is 29.8 Å². The molecular weight excluding hydrogens is 485 g/mol. The van der Waals surface area contributed by atoms with Crippen LogP contribution in [0.4, 0.5) is 4.39 Å². The van der Waals surface area contributed by atoms with Gasteiger partial charge in [-0.3, -0.25) is 9.59 Å². The van der Waals surface area contributed by atoms with E-state index in [-0.39, 0.29) is 29.3 Å². The molecule has 1 atom stereocenters. The van der Waals surface area contributed by atoms with Crippen molar-refractivity contribution in [2.75, 3.05) is 18.8 Å². The Kier molecular flexibility index (Phi) is 6.37. The Bertz CT molecular complexity index is 1450. The summed E-state index contributed by atoms with van der Waals surface area (Å²) in [5, 5.41) is 3.97. The molecule has 0 aliphatic carbocycles. The summed E-state index contributed by atoms with van der Waals surface area (Å²) in [7, 11) is 0. The van der Waals surface area contributed by atoms with E-state index in [4.69, 9.17) is 4.42 Å². The third-order valence-corrected chi connectivity index (χ3v) is 8.15. The Morgan fingerprint density at radius 1 is 1.20 bits per heavy atom. The SMILES string of the molecule is Cc1cccc(-c2sc(C)nc2C(=O)N2CCSC2CNC(=O)c2ccc(F)c3oc(C)cc23)c1. The number of rotatable bonds is 5. The lowest BCUT2D eigenvalue weighted by atomic mass is 10.1. The Balaban J connectivity index is 1.34.